The minimum absolute atomic E-state index is 0.0447. The molecule has 2 N–H and O–H groups in total. The van der Waals surface area contributed by atoms with E-state index in [1.54, 1.807) is 6.07 Å². The number of benzene rings is 1. The summed E-state index contributed by atoms with van der Waals surface area (Å²) in [4.78, 5) is 0. The number of nitrogens with two attached hydrogens (primary N) is 1. The van der Waals surface area contributed by atoms with Gasteiger partial charge in [0.05, 0.1) is 6.10 Å². The predicted molar refractivity (Wildman–Crippen MR) is 70.9 cm³/mol. The van der Waals surface area contributed by atoms with Crippen LogP contribution in [0.5, 0.6) is 0 Å². The van der Waals surface area contributed by atoms with Crippen molar-refractivity contribution in [2.45, 2.75) is 50.7 Å². The summed E-state index contributed by atoms with van der Waals surface area (Å²) in [6.45, 7) is 0.909. The van der Waals surface area contributed by atoms with Crippen LogP contribution < -0.4 is 5.73 Å². The molecule has 2 rings (SSSR count). The molecule has 2 atom stereocenters. The van der Waals surface area contributed by atoms with Gasteiger partial charge in [-0.3, -0.25) is 0 Å². The van der Waals surface area contributed by atoms with Gasteiger partial charge in [0.1, 0.15) is 5.82 Å². The highest BCUT2D eigenvalue weighted by atomic mass is 19.1. The van der Waals surface area contributed by atoms with Crippen LogP contribution in [-0.2, 0) is 11.2 Å². The van der Waals surface area contributed by atoms with Crippen molar-refractivity contribution in [1.82, 2.24) is 0 Å². The Morgan fingerprint density at radius 3 is 2.94 bits per heavy atom. The van der Waals surface area contributed by atoms with E-state index in [2.05, 4.69) is 0 Å². The van der Waals surface area contributed by atoms with Gasteiger partial charge in [-0.2, -0.15) is 0 Å². The summed E-state index contributed by atoms with van der Waals surface area (Å²) in [5.74, 6) is -0.146. The quantitative estimate of drug-likeness (QED) is 0.843. The summed E-state index contributed by atoms with van der Waals surface area (Å²) in [5, 5.41) is 0. The molecule has 1 aliphatic rings. The van der Waals surface area contributed by atoms with Crippen molar-refractivity contribution in [2.24, 2.45) is 5.73 Å². The van der Waals surface area contributed by atoms with Crippen LogP contribution in [0.4, 0.5) is 4.39 Å². The van der Waals surface area contributed by atoms with Gasteiger partial charge in [-0.05, 0) is 50.2 Å². The van der Waals surface area contributed by atoms with Crippen LogP contribution in [0, 0.1) is 5.82 Å². The maximum atomic E-state index is 13.4. The van der Waals surface area contributed by atoms with Crippen LogP contribution in [0.25, 0.3) is 0 Å². The average molecular weight is 251 g/mol. The zero-order valence-electron chi connectivity index (χ0n) is 10.8. The molecular weight excluding hydrogens is 229 g/mol. The lowest BCUT2D eigenvalue weighted by molar-refractivity contribution is 0.101. The zero-order chi connectivity index (χ0) is 12.8. The third-order valence-corrected chi connectivity index (χ3v) is 3.56. The molecule has 3 heteroatoms. The average Bonchev–Trinajstić information content (AvgIpc) is 2.85. The van der Waals surface area contributed by atoms with E-state index in [9.17, 15) is 4.39 Å². The first kappa shape index (κ1) is 13.5. The van der Waals surface area contributed by atoms with Crippen LogP contribution >= 0.6 is 0 Å². The van der Waals surface area contributed by atoms with Gasteiger partial charge in [-0.25, -0.2) is 4.39 Å². The molecule has 0 aliphatic carbocycles. The minimum Gasteiger partial charge on any atom is -0.378 e. The summed E-state index contributed by atoms with van der Waals surface area (Å²) < 4.78 is 19.0. The lowest BCUT2D eigenvalue weighted by atomic mass is 10.00. The second-order valence-electron chi connectivity index (χ2n) is 5.12. The van der Waals surface area contributed by atoms with Crippen LogP contribution in [0.1, 0.15) is 37.7 Å². The van der Waals surface area contributed by atoms with Crippen LogP contribution in [0.2, 0.25) is 0 Å². The second kappa shape index (κ2) is 6.86. The van der Waals surface area contributed by atoms with Crippen molar-refractivity contribution in [3.63, 3.8) is 0 Å². The Hall–Kier alpha value is -0.930. The topological polar surface area (TPSA) is 35.2 Å². The first-order chi connectivity index (χ1) is 8.75. The Kier molecular flexibility index (Phi) is 5.14. The van der Waals surface area contributed by atoms with Gasteiger partial charge in [-0.1, -0.05) is 18.2 Å². The van der Waals surface area contributed by atoms with Gasteiger partial charge in [0.2, 0.25) is 0 Å². The zero-order valence-corrected chi connectivity index (χ0v) is 10.8. The first-order valence-corrected chi connectivity index (χ1v) is 6.86. The lowest BCUT2D eigenvalue weighted by Gasteiger charge is -2.14. The lowest BCUT2D eigenvalue weighted by Crippen LogP contribution is -2.23. The second-order valence-corrected chi connectivity index (χ2v) is 5.12. The van der Waals surface area contributed by atoms with Gasteiger partial charge in [0, 0.05) is 12.6 Å². The van der Waals surface area contributed by atoms with E-state index in [1.165, 1.54) is 18.9 Å². The number of hydrogen-bond acceptors (Lipinski definition) is 2. The van der Waals surface area contributed by atoms with Crippen molar-refractivity contribution in [1.29, 1.82) is 0 Å². The molecule has 0 saturated carbocycles. The fourth-order valence-electron chi connectivity index (χ4n) is 2.53. The summed E-state index contributed by atoms with van der Waals surface area (Å²) in [7, 11) is 0. The van der Waals surface area contributed by atoms with Gasteiger partial charge in [0.25, 0.3) is 0 Å². The fraction of sp³-hybridized carbons (Fsp3) is 0.600. The number of ether oxygens (including phenoxy) is 1. The predicted octanol–water partition coefficient (Wildman–Crippen LogP) is 3.04. The van der Waals surface area contributed by atoms with Gasteiger partial charge < -0.3 is 10.5 Å². The molecule has 100 valence electrons. The summed E-state index contributed by atoms with van der Waals surface area (Å²) in [6.07, 6.45) is 6.53. The van der Waals surface area contributed by atoms with E-state index in [-0.39, 0.29) is 11.9 Å². The maximum Gasteiger partial charge on any atom is 0.126 e. The van der Waals surface area contributed by atoms with Crippen molar-refractivity contribution in [3.05, 3.63) is 35.6 Å². The number of halogens is 1. The Labute approximate surface area is 108 Å². The normalized spacial score (nSPS) is 21.1. The van der Waals surface area contributed by atoms with Crippen LogP contribution in [-0.4, -0.2) is 18.8 Å². The maximum absolute atomic E-state index is 13.4. The van der Waals surface area contributed by atoms with E-state index in [0.717, 1.165) is 31.4 Å². The monoisotopic (exact) mass is 251 g/mol. The van der Waals surface area contributed by atoms with E-state index in [0.29, 0.717) is 12.5 Å². The van der Waals surface area contributed by atoms with Gasteiger partial charge >= 0.3 is 0 Å². The van der Waals surface area contributed by atoms with E-state index >= 15 is 0 Å². The van der Waals surface area contributed by atoms with Crippen molar-refractivity contribution < 1.29 is 9.13 Å². The van der Waals surface area contributed by atoms with Crippen molar-refractivity contribution in [3.8, 4) is 0 Å². The largest absolute Gasteiger partial charge is 0.378 e. The summed E-state index contributed by atoms with van der Waals surface area (Å²) in [5.41, 5.74) is 6.78. The van der Waals surface area contributed by atoms with Gasteiger partial charge in [0.15, 0.2) is 0 Å². The van der Waals surface area contributed by atoms with Crippen molar-refractivity contribution >= 4 is 0 Å². The molecule has 1 aromatic rings. The van der Waals surface area contributed by atoms with Gasteiger partial charge in [-0.15, -0.1) is 0 Å². The molecule has 0 bridgehead atoms. The van der Waals surface area contributed by atoms with Crippen LogP contribution in [0.3, 0.4) is 0 Å². The Morgan fingerprint density at radius 1 is 1.39 bits per heavy atom. The fourth-order valence-corrected chi connectivity index (χ4v) is 2.53. The van der Waals surface area contributed by atoms with E-state index < -0.39 is 0 Å². The summed E-state index contributed by atoms with van der Waals surface area (Å²) in [6, 6.07) is 6.92. The Bertz CT molecular complexity index is 363. The Morgan fingerprint density at radius 2 is 2.22 bits per heavy atom. The minimum atomic E-state index is -0.146. The van der Waals surface area contributed by atoms with E-state index in [4.69, 9.17) is 10.5 Å². The molecule has 0 spiro atoms. The van der Waals surface area contributed by atoms with Crippen molar-refractivity contribution in [2.75, 3.05) is 6.61 Å². The molecule has 1 aliphatic heterocycles. The number of hydrogen-bond donors (Lipinski definition) is 1. The van der Waals surface area contributed by atoms with Crippen LogP contribution in [0.15, 0.2) is 24.3 Å². The SMILES string of the molecule is NC(CCCC1CCCO1)Cc1ccccc1F. The molecule has 1 aromatic carbocycles. The molecule has 0 amide bonds. The highest BCUT2D eigenvalue weighted by Gasteiger charge is 2.15. The number of rotatable bonds is 6. The summed E-state index contributed by atoms with van der Waals surface area (Å²) >= 11 is 0. The molecule has 1 saturated heterocycles. The molecular formula is C15H22FNO. The smallest absolute Gasteiger partial charge is 0.126 e. The molecule has 2 nitrogen and oxygen atoms in total. The third-order valence-electron chi connectivity index (χ3n) is 3.56. The molecule has 1 fully saturated rings. The van der Waals surface area contributed by atoms with E-state index in [1.807, 2.05) is 12.1 Å². The Balaban J connectivity index is 1.68. The molecule has 0 aromatic heterocycles. The highest BCUT2D eigenvalue weighted by molar-refractivity contribution is 5.18. The third kappa shape index (κ3) is 4.07. The molecule has 0 radical (unpaired) electrons. The highest BCUT2D eigenvalue weighted by Crippen LogP contribution is 2.18. The molecule has 2 unspecified atom stereocenters. The molecule has 18 heavy (non-hydrogen) atoms. The first-order valence-electron chi connectivity index (χ1n) is 6.86. The molecule has 1 heterocycles. The standard InChI is InChI=1S/C15H22FNO/c16-15-9-2-1-5-12(15)11-13(17)6-3-7-14-8-4-10-18-14/h1-2,5,9,13-14H,3-4,6-8,10-11,17H2.